The maximum Gasteiger partial charge on any atom is 0.298 e. The monoisotopic (exact) mass is 484 g/mol. The molecule has 1 amide bonds. The number of nitrogens with two attached hydrogens (primary N) is 1. The van der Waals surface area contributed by atoms with Crippen molar-refractivity contribution in [3.63, 3.8) is 0 Å². The fraction of sp³-hybridized carbons (Fsp3) is 0.360. The highest BCUT2D eigenvalue weighted by molar-refractivity contribution is 6.31. The number of nitrogens with zero attached hydrogens (tertiary/aromatic N) is 3. The predicted octanol–water partition coefficient (Wildman–Crippen LogP) is 5.42. The van der Waals surface area contributed by atoms with E-state index in [4.69, 9.17) is 32.6 Å². The van der Waals surface area contributed by atoms with E-state index in [2.05, 4.69) is 16.8 Å². The highest BCUT2D eigenvalue weighted by atomic mass is 35.5. The molecule has 0 spiro atoms. The fourth-order valence-corrected chi connectivity index (χ4v) is 3.75. The first-order valence-electron chi connectivity index (χ1n) is 11.3. The number of hydrogen-bond donors (Lipinski definition) is 3. The van der Waals surface area contributed by atoms with Crippen molar-refractivity contribution in [2.24, 2.45) is 0 Å². The second-order valence-electron chi connectivity index (χ2n) is 7.66. The molecule has 2 heterocycles. The molecule has 1 aromatic heterocycles. The van der Waals surface area contributed by atoms with Crippen LogP contribution < -0.4 is 10.6 Å². The number of carbonyl (C=O) groups excluding carboxylic acids is 1. The van der Waals surface area contributed by atoms with Gasteiger partial charge in [-0.2, -0.15) is 4.98 Å². The summed E-state index contributed by atoms with van der Waals surface area (Å²) in [5, 5.41) is 12.8. The Balaban J connectivity index is 0.000000618. The van der Waals surface area contributed by atoms with E-state index in [1.807, 2.05) is 43.9 Å². The summed E-state index contributed by atoms with van der Waals surface area (Å²) in [5.74, 6) is -0.0279. The second kappa shape index (κ2) is 12.7. The van der Waals surface area contributed by atoms with Gasteiger partial charge >= 0.3 is 0 Å². The summed E-state index contributed by atoms with van der Waals surface area (Å²) in [6.07, 6.45) is 2.65. The average Bonchev–Trinajstić information content (AvgIpc) is 3.16. The molecule has 1 aliphatic rings. The minimum atomic E-state index is -0.0279. The Kier molecular flexibility index (Phi) is 10.1. The van der Waals surface area contributed by atoms with E-state index in [9.17, 15) is 4.79 Å². The largest absolute Gasteiger partial charge is 0.423 e. The standard InChI is InChI=1S/C21H23ClN4O2.C2H4N2.C2H6/c1-13-3-5-17(23)16(11-13)20(27)26-10-9-25(8-7-14(26)2)21-24-18-12-15(22)4-6-19(18)28-21;3-1-2-4;1-2/h3-6,11-12,14H,7-10,23H2,1-2H3;1-4H;1-2H3. The maximum atomic E-state index is 13.1. The quantitative estimate of drug-likeness (QED) is 0.338. The Labute approximate surface area is 205 Å². The van der Waals surface area contributed by atoms with Crippen LogP contribution in [0.2, 0.25) is 5.02 Å². The van der Waals surface area contributed by atoms with Gasteiger partial charge in [0.25, 0.3) is 11.9 Å². The van der Waals surface area contributed by atoms with Gasteiger partial charge in [0.2, 0.25) is 0 Å². The van der Waals surface area contributed by atoms with Crippen molar-refractivity contribution < 1.29 is 9.21 Å². The first-order valence-corrected chi connectivity index (χ1v) is 11.7. The third kappa shape index (κ3) is 6.57. The lowest BCUT2D eigenvalue weighted by molar-refractivity contribution is 0.0706. The zero-order chi connectivity index (χ0) is 25.3. The lowest BCUT2D eigenvalue weighted by atomic mass is 10.1. The number of benzene rings is 2. The van der Waals surface area contributed by atoms with Gasteiger partial charge in [0.05, 0.1) is 5.56 Å². The Morgan fingerprint density at radius 1 is 1.15 bits per heavy atom. The van der Waals surface area contributed by atoms with Gasteiger partial charge < -0.3 is 30.8 Å². The molecule has 182 valence electrons. The second-order valence-corrected chi connectivity index (χ2v) is 8.09. The minimum Gasteiger partial charge on any atom is -0.423 e. The molecule has 3 aromatic rings. The van der Waals surface area contributed by atoms with Crippen LogP contribution in [0.1, 0.15) is 43.1 Å². The Bertz CT molecular complexity index is 1120. The summed E-state index contributed by atoms with van der Waals surface area (Å²) in [5.41, 5.74) is 9.60. The van der Waals surface area contributed by atoms with Gasteiger partial charge in [-0.25, -0.2) is 0 Å². The molecule has 1 atom stereocenters. The summed E-state index contributed by atoms with van der Waals surface area (Å²) in [4.78, 5) is 21.7. The summed E-state index contributed by atoms with van der Waals surface area (Å²) >= 11 is 6.05. The molecule has 0 bridgehead atoms. The summed E-state index contributed by atoms with van der Waals surface area (Å²) in [6, 6.07) is 11.6. The SMILES string of the molecule is CC.Cc1ccc(N)c(C(=O)N2CCN(c3nc4cc(Cl)ccc4o3)CCC2C)c1.N=CC=N. The van der Waals surface area contributed by atoms with Gasteiger partial charge in [-0.05, 0) is 50.6 Å². The number of oxazole rings is 1. The Morgan fingerprint density at radius 2 is 1.85 bits per heavy atom. The molecule has 0 radical (unpaired) electrons. The third-order valence-corrected chi connectivity index (χ3v) is 5.59. The van der Waals surface area contributed by atoms with E-state index in [0.29, 0.717) is 41.0 Å². The lowest BCUT2D eigenvalue weighted by Crippen LogP contribution is -2.40. The molecule has 0 aliphatic carbocycles. The van der Waals surface area contributed by atoms with Gasteiger partial charge in [0, 0.05) is 48.8 Å². The Morgan fingerprint density at radius 3 is 2.53 bits per heavy atom. The number of anilines is 2. The normalized spacial score (nSPS) is 15.4. The van der Waals surface area contributed by atoms with Crippen LogP contribution in [0.4, 0.5) is 11.7 Å². The summed E-state index contributed by atoms with van der Waals surface area (Å²) in [7, 11) is 0. The number of carbonyl (C=O) groups is 1. The van der Waals surface area contributed by atoms with Crippen LogP contribution >= 0.6 is 11.6 Å². The smallest absolute Gasteiger partial charge is 0.298 e. The first-order chi connectivity index (χ1) is 16.3. The van der Waals surface area contributed by atoms with Crippen molar-refractivity contribution in [2.75, 3.05) is 30.3 Å². The van der Waals surface area contributed by atoms with Crippen LogP contribution in [0.5, 0.6) is 0 Å². The highest BCUT2D eigenvalue weighted by Crippen LogP contribution is 2.27. The van der Waals surface area contributed by atoms with E-state index in [1.54, 1.807) is 18.2 Å². The number of halogens is 1. The van der Waals surface area contributed by atoms with Crippen LogP contribution in [-0.4, -0.2) is 53.9 Å². The van der Waals surface area contributed by atoms with E-state index in [-0.39, 0.29) is 11.9 Å². The topological polar surface area (TPSA) is 123 Å². The lowest BCUT2D eigenvalue weighted by Gasteiger charge is -2.27. The molecule has 1 unspecified atom stereocenters. The van der Waals surface area contributed by atoms with Crippen LogP contribution in [0.15, 0.2) is 40.8 Å². The van der Waals surface area contributed by atoms with Gasteiger partial charge in [0.1, 0.15) is 5.52 Å². The maximum absolute atomic E-state index is 13.1. The summed E-state index contributed by atoms with van der Waals surface area (Å²) in [6.45, 7) is 10.0. The van der Waals surface area contributed by atoms with Crippen LogP contribution in [0.3, 0.4) is 0 Å². The fourth-order valence-electron chi connectivity index (χ4n) is 3.59. The third-order valence-electron chi connectivity index (χ3n) is 5.35. The highest BCUT2D eigenvalue weighted by Gasteiger charge is 2.28. The van der Waals surface area contributed by atoms with Crippen LogP contribution in [0, 0.1) is 17.7 Å². The molecule has 1 fully saturated rings. The number of rotatable bonds is 3. The van der Waals surface area contributed by atoms with Gasteiger partial charge in [-0.1, -0.05) is 37.1 Å². The molecular formula is C25H33ClN6O2. The van der Waals surface area contributed by atoms with Crippen LogP contribution in [0.25, 0.3) is 11.1 Å². The van der Waals surface area contributed by atoms with Gasteiger partial charge in [0.15, 0.2) is 5.58 Å². The van der Waals surface area contributed by atoms with E-state index < -0.39 is 0 Å². The van der Waals surface area contributed by atoms with Crippen molar-refractivity contribution in [2.45, 2.75) is 40.2 Å². The molecule has 34 heavy (non-hydrogen) atoms. The van der Waals surface area contributed by atoms with E-state index in [0.717, 1.165) is 36.5 Å². The van der Waals surface area contributed by atoms with Crippen molar-refractivity contribution in [3.8, 4) is 0 Å². The molecular weight excluding hydrogens is 452 g/mol. The zero-order valence-corrected chi connectivity index (χ0v) is 20.9. The van der Waals surface area contributed by atoms with Crippen molar-refractivity contribution in [1.29, 1.82) is 10.8 Å². The first kappa shape index (κ1) is 26.9. The predicted molar refractivity (Wildman–Crippen MR) is 141 cm³/mol. The molecule has 9 heteroatoms. The van der Waals surface area contributed by atoms with E-state index in [1.165, 1.54) is 0 Å². The minimum absolute atomic E-state index is 0.0279. The summed E-state index contributed by atoms with van der Waals surface area (Å²) < 4.78 is 5.90. The molecule has 4 rings (SSSR count). The molecule has 8 nitrogen and oxygen atoms in total. The average molecular weight is 485 g/mol. The van der Waals surface area contributed by atoms with Crippen LogP contribution in [-0.2, 0) is 0 Å². The number of amides is 1. The van der Waals surface area contributed by atoms with Gasteiger partial charge in [-0.15, -0.1) is 0 Å². The number of aromatic nitrogens is 1. The van der Waals surface area contributed by atoms with E-state index >= 15 is 0 Å². The van der Waals surface area contributed by atoms with Crippen molar-refractivity contribution in [1.82, 2.24) is 9.88 Å². The number of nitrogens with one attached hydrogen (secondary N) is 2. The Hall–Kier alpha value is -3.39. The van der Waals surface area contributed by atoms with Gasteiger partial charge in [-0.3, -0.25) is 4.79 Å². The molecule has 1 aliphatic heterocycles. The number of aryl methyl sites for hydroxylation is 1. The van der Waals surface area contributed by atoms with Crippen molar-refractivity contribution >= 4 is 52.7 Å². The number of hydrogen-bond acceptors (Lipinski definition) is 7. The molecule has 4 N–H and O–H groups in total. The number of fused-ring (bicyclic) bond motifs is 1. The zero-order valence-electron chi connectivity index (χ0n) is 20.1. The van der Waals surface area contributed by atoms with Crippen molar-refractivity contribution in [3.05, 3.63) is 52.5 Å². The molecule has 1 saturated heterocycles. The number of nitrogen functional groups attached to an aromatic ring is 1. The molecule has 0 saturated carbocycles. The molecule has 2 aromatic carbocycles.